The number of ketones is 1. The van der Waals surface area contributed by atoms with Crippen molar-refractivity contribution in [1.29, 1.82) is 0 Å². The van der Waals surface area contributed by atoms with Crippen molar-refractivity contribution >= 4 is 5.78 Å². The van der Waals surface area contributed by atoms with Gasteiger partial charge in [0.25, 0.3) is 0 Å². The summed E-state index contributed by atoms with van der Waals surface area (Å²) in [5, 5.41) is 0. The Hall–Kier alpha value is -1.31. The smallest absolute Gasteiger partial charge is 0.163 e. The van der Waals surface area contributed by atoms with E-state index in [0.29, 0.717) is 12.3 Å². The second-order valence-electron chi connectivity index (χ2n) is 4.45. The van der Waals surface area contributed by atoms with Gasteiger partial charge in [0.2, 0.25) is 0 Å². The second-order valence-corrected chi connectivity index (χ2v) is 4.45. The van der Waals surface area contributed by atoms with Gasteiger partial charge in [0.15, 0.2) is 5.78 Å². The summed E-state index contributed by atoms with van der Waals surface area (Å²) in [5.41, 5.74) is 2.02. The van der Waals surface area contributed by atoms with E-state index in [1.807, 2.05) is 18.2 Å². The van der Waals surface area contributed by atoms with E-state index < -0.39 is 0 Å². The average molecular weight is 204 g/mol. The average Bonchev–Trinajstić information content (AvgIpc) is 2.57. The number of aryl methyl sites for hydroxylation is 1. The summed E-state index contributed by atoms with van der Waals surface area (Å²) in [7, 11) is 0. The van der Waals surface area contributed by atoms with Crippen molar-refractivity contribution in [3.05, 3.63) is 29.3 Å². The van der Waals surface area contributed by atoms with Crippen molar-refractivity contribution in [2.75, 3.05) is 6.61 Å². The fraction of sp³-hybridized carbons (Fsp3) is 0.462. The van der Waals surface area contributed by atoms with E-state index >= 15 is 0 Å². The Labute approximate surface area is 90.3 Å². The van der Waals surface area contributed by atoms with Crippen LogP contribution in [0.25, 0.3) is 0 Å². The van der Waals surface area contributed by atoms with Crippen LogP contribution < -0.4 is 4.74 Å². The van der Waals surface area contributed by atoms with Gasteiger partial charge in [-0.1, -0.05) is 13.8 Å². The van der Waals surface area contributed by atoms with Gasteiger partial charge in [-0.25, -0.2) is 0 Å². The van der Waals surface area contributed by atoms with Crippen LogP contribution in [0.1, 0.15) is 36.2 Å². The molecular weight excluding hydrogens is 188 g/mol. The summed E-state index contributed by atoms with van der Waals surface area (Å²) in [5.74, 6) is 1.68. The molecule has 0 aliphatic heterocycles. The van der Waals surface area contributed by atoms with Gasteiger partial charge in [-0.2, -0.15) is 0 Å². The number of Topliss-reactive ketones (excluding diaryl/α,β-unsaturated/α-hetero) is 1. The molecule has 0 amide bonds. The summed E-state index contributed by atoms with van der Waals surface area (Å²) in [4.78, 5) is 11.4. The van der Waals surface area contributed by atoms with Crippen molar-refractivity contribution in [2.24, 2.45) is 5.92 Å². The highest BCUT2D eigenvalue weighted by atomic mass is 16.5. The minimum absolute atomic E-state index is 0.264. The fourth-order valence-electron chi connectivity index (χ4n) is 1.78. The molecule has 80 valence electrons. The topological polar surface area (TPSA) is 26.3 Å². The van der Waals surface area contributed by atoms with E-state index in [-0.39, 0.29) is 5.78 Å². The molecule has 2 nitrogen and oxygen atoms in total. The predicted molar refractivity (Wildman–Crippen MR) is 59.4 cm³/mol. The molecule has 0 spiro atoms. The molecule has 1 aliphatic rings. The minimum atomic E-state index is 0.264. The number of carbonyl (C=O) groups excluding carboxylic acids is 1. The number of hydrogen-bond acceptors (Lipinski definition) is 2. The van der Waals surface area contributed by atoms with Crippen LogP contribution >= 0.6 is 0 Å². The number of benzene rings is 1. The Morgan fingerprint density at radius 2 is 2.13 bits per heavy atom. The van der Waals surface area contributed by atoms with Gasteiger partial charge >= 0.3 is 0 Å². The van der Waals surface area contributed by atoms with Gasteiger partial charge in [-0.05, 0) is 36.1 Å². The summed E-state index contributed by atoms with van der Waals surface area (Å²) < 4.78 is 5.62. The third-order valence-electron chi connectivity index (χ3n) is 2.58. The molecular formula is C13H16O2. The van der Waals surface area contributed by atoms with E-state index in [9.17, 15) is 4.79 Å². The fourth-order valence-corrected chi connectivity index (χ4v) is 1.78. The molecule has 0 aromatic heterocycles. The predicted octanol–water partition coefficient (Wildman–Crippen LogP) is 2.85. The summed E-state index contributed by atoms with van der Waals surface area (Å²) >= 11 is 0. The molecule has 15 heavy (non-hydrogen) atoms. The van der Waals surface area contributed by atoms with E-state index in [2.05, 4.69) is 13.8 Å². The van der Waals surface area contributed by atoms with Crippen molar-refractivity contribution < 1.29 is 9.53 Å². The lowest BCUT2D eigenvalue weighted by Gasteiger charge is -2.09. The summed E-state index contributed by atoms with van der Waals surface area (Å²) in [6, 6.07) is 5.79. The maximum absolute atomic E-state index is 11.4. The van der Waals surface area contributed by atoms with Gasteiger partial charge in [0.05, 0.1) is 6.61 Å². The van der Waals surface area contributed by atoms with Crippen LogP contribution in [-0.4, -0.2) is 12.4 Å². The molecule has 1 aromatic carbocycles. The van der Waals surface area contributed by atoms with Crippen LogP contribution in [0.3, 0.4) is 0 Å². The van der Waals surface area contributed by atoms with Crippen molar-refractivity contribution in [3.63, 3.8) is 0 Å². The van der Waals surface area contributed by atoms with Gasteiger partial charge < -0.3 is 4.74 Å². The Kier molecular flexibility index (Phi) is 2.76. The van der Waals surface area contributed by atoms with Crippen LogP contribution in [0, 0.1) is 5.92 Å². The SMILES string of the molecule is CC(C)COc1ccc2c(c1)CCC2=O. The van der Waals surface area contributed by atoms with Gasteiger partial charge in [0.1, 0.15) is 5.75 Å². The zero-order chi connectivity index (χ0) is 10.8. The maximum atomic E-state index is 11.4. The first-order chi connectivity index (χ1) is 7.16. The maximum Gasteiger partial charge on any atom is 0.163 e. The molecule has 0 atom stereocenters. The van der Waals surface area contributed by atoms with Crippen molar-refractivity contribution in [2.45, 2.75) is 26.7 Å². The Morgan fingerprint density at radius 1 is 1.33 bits per heavy atom. The molecule has 0 bridgehead atoms. The highest BCUT2D eigenvalue weighted by molar-refractivity contribution is 6.00. The van der Waals surface area contributed by atoms with E-state index in [1.54, 1.807) is 0 Å². The molecule has 0 saturated carbocycles. The van der Waals surface area contributed by atoms with Gasteiger partial charge in [-0.3, -0.25) is 4.79 Å². The lowest BCUT2D eigenvalue weighted by molar-refractivity contribution is 0.0994. The normalized spacial score (nSPS) is 14.5. The van der Waals surface area contributed by atoms with E-state index in [4.69, 9.17) is 4.74 Å². The Balaban J connectivity index is 2.13. The second kappa shape index (κ2) is 4.05. The zero-order valence-electron chi connectivity index (χ0n) is 9.25. The largest absolute Gasteiger partial charge is 0.493 e. The van der Waals surface area contributed by atoms with Crippen LogP contribution in [0.2, 0.25) is 0 Å². The van der Waals surface area contributed by atoms with Crippen LogP contribution in [0.4, 0.5) is 0 Å². The Bertz CT molecular complexity index is 380. The molecule has 0 unspecified atom stereocenters. The first-order valence-electron chi connectivity index (χ1n) is 5.46. The summed E-state index contributed by atoms with van der Waals surface area (Å²) in [6.45, 7) is 4.97. The number of ether oxygens (including phenoxy) is 1. The van der Waals surface area contributed by atoms with Crippen LogP contribution in [0.15, 0.2) is 18.2 Å². The molecule has 2 rings (SSSR count). The van der Waals surface area contributed by atoms with Gasteiger partial charge in [-0.15, -0.1) is 0 Å². The Morgan fingerprint density at radius 3 is 2.87 bits per heavy atom. The lowest BCUT2D eigenvalue weighted by atomic mass is 10.1. The van der Waals surface area contributed by atoms with Crippen LogP contribution in [0.5, 0.6) is 5.75 Å². The van der Waals surface area contributed by atoms with Crippen molar-refractivity contribution in [1.82, 2.24) is 0 Å². The minimum Gasteiger partial charge on any atom is -0.493 e. The zero-order valence-corrected chi connectivity index (χ0v) is 9.25. The lowest BCUT2D eigenvalue weighted by Crippen LogP contribution is -2.04. The molecule has 1 aromatic rings. The molecule has 0 radical (unpaired) electrons. The standard InChI is InChI=1S/C13H16O2/c1-9(2)8-15-11-4-5-12-10(7-11)3-6-13(12)14/h4-5,7,9H,3,6,8H2,1-2H3. The molecule has 0 heterocycles. The molecule has 0 N–H and O–H groups in total. The molecule has 0 saturated heterocycles. The van der Waals surface area contributed by atoms with Gasteiger partial charge in [0, 0.05) is 12.0 Å². The first kappa shape index (κ1) is 10.2. The summed E-state index contributed by atoms with van der Waals surface area (Å²) in [6.07, 6.45) is 1.52. The highest BCUT2D eigenvalue weighted by Crippen LogP contribution is 2.26. The molecule has 1 aliphatic carbocycles. The van der Waals surface area contributed by atoms with E-state index in [0.717, 1.165) is 29.9 Å². The first-order valence-corrected chi connectivity index (χ1v) is 5.46. The number of rotatable bonds is 3. The quantitative estimate of drug-likeness (QED) is 0.756. The van der Waals surface area contributed by atoms with Crippen molar-refractivity contribution in [3.8, 4) is 5.75 Å². The number of carbonyl (C=O) groups is 1. The molecule has 2 heteroatoms. The third-order valence-corrected chi connectivity index (χ3v) is 2.58. The molecule has 0 fully saturated rings. The highest BCUT2D eigenvalue weighted by Gasteiger charge is 2.19. The van der Waals surface area contributed by atoms with E-state index in [1.165, 1.54) is 0 Å². The monoisotopic (exact) mass is 204 g/mol. The number of fused-ring (bicyclic) bond motifs is 1. The van der Waals surface area contributed by atoms with Crippen LogP contribution in [-0.2, 0) is 6.42 Å². The third kappa shape index (κ3) is 2.20. The number of hydrogen-bond donors (Lipinski definition) is 0.